The summed E-state index contributed by atoms with van der Waals surface area (Å²) in [5, 5.41) is 12.3. The van der Waals surface area contributed by atoms with Crippen molar-refractivity contribution in [2.75, 3.05) is 6.54 Å². The lowest BCUT2D eigenvalue weighted by Gasteiger charge is -2.23. The SMILES string of the molecule is C[C@@H]1C[C@@H](O)CCN1.c1ccccc1. The van der Waals surface area contributed by atoms with E-state index in [9.17, 15) is 0 Å². The third-order valence-corrected chi connectivity index (χ3v) is 2.26. The van der Waals surface area contributed by atoms with Gasteiger partial charge in [0.15, 0.2) is 0 Å². The number of hydrogen-bond donors (Lipinski definition) is 2. The van der Waals surface area contributed by atoms with Crippen molar-refractivity contribution in [3.63, 3.8) is 0 Å². The first-order chi connectivity index (χ1) is 6.79. The summed E-state index contributed by atoms with van der Waals surface area (Å²) in [7, 11) is 0. The van der Waals surface area contributed by atoms with E-state index in [0.717, 1.165) is 19.4 Å². The Labute approximate surface area is 86.0 Å². The lowest BCUT2D eigenvalue weighted by molar-refractivity contribution is 0.120. The molecule has 0 spiro atoms. The standard InChI is InChI=1S/C6H13NO.C6H6/c1-5-4-6(8)2-3-7-5;1-2-4-6-5-3-1/h5-8H,2-4H2,1H3;1-6H/t5-,6+;/m1./s1. The summed E-state index contributed by atoms with van der Waals surface area (Å²) in [5.74, 6) is 0. The summed E-state index contributed by atoms with van der Waals surface area (Å²) >= 11 is 0. The molecule has 1 aromatic rings. The van der Waals surface area contributed by atoms with Crippen molar-refractivity contribution in [3.05, 3.63) is 36.4 Å². The molecule has 2 atom stereocenters. The molecule has 1 aromatic carbocycles. The lowest BCUT2D eigenvalue weighted by Crippen LogP contribution is -2.37. The Balaban J connectivity index is 0.000000146. The van der Waals surface area contributed by atoms with E-state index in [1.807, 2.05) is 36.4 Å². The van der Waals surface area contributed by atoms with Crippen molar-refractivity contribution in [1.29, 1.82) is 0 Å². The van der Waals surface area contributed by atoms with Crippen LogP contribution >= 0.6 is 0 Å². The van der Waals surface area contributed by atoms with Gasteiger partial charge in [0, 0.05) is 6.04 Å². The van der Waals surface area contributed by atoms with Gasteiger partial charge in [0.1, 0.15) is 0 Å². The molecule has 0 radical (unpaired) electrons. The van der Waals surface area contributed by atoms with E-state index in [1.165, 1.54) is 0 Å². The number of nitrogens with one attached hydrogen (secondary N) is 1. The fourth-order valence-corrected chi connectivity index (χ4v) is 1.49. The van der Waals surface area contributed by atoms with Gasteiger partial charge >= 0.3 is 0 Å². The highest BCUT2D eigenvalue weighted by molar-refractivity contribution is 4.99. The first-order valence-corrected chi connectivity index (χ1v) is 5.20. The predicted octanol–water partition coefficient (Wildman–Crippen LogP) is 1.81. The summed E-state index contributed by atoms with van der Waals surface area (Å²) in [5.41, 5.74) is 0. The fourth-order valence-electron chi connectivity index (χ4n) is 1.49. The molecule has 0 unspecified atom stereocenters. The van der Waals surface area contributed by atoms with Crippen molar-refractivity contribution >= 4 is 0 Å². The van der Waals surface area contributed by atoms with E-state index >= 15 is 0 Å². The zero-order valence-corrected chi connectivity index (χ0v) is 8.69. The molecule has 0 bridgehead atoms. The Hall–Kier alpha value is -0.860. The highest BCUT2D eigenvalue weighted by Gasteiger charge is 2.14. The van der Waals surface area contributed by atoms with Gasteiger partial charge in [-0.1, -0.05) is 36.4 Å². The number of benzene rings is 1. The van der Waals surface area contributed by atoms with Crippen LogP contribution in [0.1, 0.15) is 19.8 Å². The molecule has 0 aromatic heterocycles. The highest BCUT2D eigenvalue weighted by Crippen LogP contribution is 2.06. The number of rotatable bonds is 0. The second-order valence-electron chi connectivity index (χ2n) is 3.69. The number of aliphatic hydroxyl groups is 1. The molecular formula is C12H19NO. The average molecular weight is 193 g/mol. The van der Waals surface area contributed by atoms with Gasteiger partial charge in [-0.25, -0.2) is 0 Å². The zero-order valence-electron chi connectivity index (χ0n) is 8.69. The molecule has 2 rings (SSSR count). The van der Waals surface area contributed by atoms with E-state index in [1.54, 1.807) is 0 Å². The molecular weight excluding hydrogens is 174 g/mol. The Bertz CT molecular complexity index is 190. The van der Waals surface area contributed by atoms with Gasteiger partial charge in [-0.05, 0) is 26.3 Å². The first kappa shape index (κ1) is 11.2. The minimum absolute atomic E-state index is 0.0498. The normalized spacial score (nSPS) is 26.1. The quantitative estimate of drug-likeness (QED) is 0.658. The summed E-state index contributed by atoms with van der Waals surface area (Å²) in [4.78, 5) is 0. The zero-order chi connectivity index (χ0) is 10.2. The van der Waals surface area contributed by atoms with Crippen LogP contribution in [0.2, 0.25) is 0 Å². The number of aliphatic hydroxyl groups excluding tert-OH is 1. The van der Waals surface area contributed by atoms with E-state index in [-0.39, 0.29) is 6.10 Å². The third-order valence-electron chi connectivity index (χ3n) is 2.26. The maximum atomic E-state index is 9.04. The van der Waals surface area contributed by atoms with E-state index in [0.29, 0.717) is 6.04 Å². The van der Waals surface area contributed by atoms with Crippen LogP contribution in [-0.4, -0.2) is 23.8 Å². The van der Waals surface area contributed by atoms with Crippen LogP contribution in [0.15, 0.2) is 36.4 Å². The molecule has 0 saturated carbocycles. The lowest BCUT2D eigenvalue weighted by atomic mass is 10.0. The van der Waals surface area contributed by atoms with Gasteiger partial charge in [0.25, 0.3) is 0 Å². The Morgan fingerprint density at radius 1 is 1.07 bits per heavy atom. The van der Waals surface area contributed by atoms with E-state index < -0.39 is 0 Å². The molecule has 2 heteroatoms. The second kappa shape index (κ2) is 6.57. The minimum Gasteiger partial charge on any atom is -0.393 e. The smallest absolute Gasteiger partial charge is 0.0567 e. The molecule has 0 aliphatic carbocycles. The van der Waals surface area contributed by atoms with Crippen LogP contribution in [0, 0.1) is 0 Å². The van der Waals surface area contributed by atoms with Crippen molar-refractivity contribution in [1.82, 2.24) is 5.32 Å². The van der Waals surface area contributed by atoms with Crippen LogP contribution in [0.5, 0.6) is 0 Å². The monoisotopic (exact) mass is 193 g/mol. The van der Waals surface area contributed by atoms with Crippen molar-refractivity contribution in [2.45, 2.75) is 31.9 Å². The largest absolute Gasteiger partial charge is 0.393 e. The Kier molecular flexibility index (Phi) is 5.27. The molecule has 1 saturated heterocycles. The maximum Gasteiger partial charge on any atom is 0.0567 e. The summed E-state index contributed by atoms with van der Waals surface area (Å²) in [6, 6.07) is 12.5. The van der Waals surface area contributed by atoms with Gasteiger partial charge < -0.3 is 10.4 Å². The van der Waals surface area contributed by atoms with Gasteiger partial charge in [-0.2, -0.15) is 0 Å². The molecule has 2 N–H and O–H groups in total. The predicted molar refractivity (Wildman–Crippen MR) is 59.1 cm³/mol. The summed E-state index contributed by atoms with van der Waals surface area (Å²) in [6.07, 6.45) is 1.79. The van der Waals surface area contributed by atoms with Crippen LogP contribution in [-0.2, 0) is 0 Å². The number of piperidine rings is 1. The summed E-state index contributed by atoms with van der Waals surface area (Å²) in [6.45, 7) is 3.07. The maximum absolute atomic E-state index is 9.04. The number of hydrogen-bond acceptors (Lipinski definition) is 2. The molecule has 14 heavy (non-hydrogen) atoms. The average Bonchev–Trinajstić information content (AvgIpc) is 2.21. The van der Waals surface area contributed by atoms with Crippen LogP contribution in [0.3, 0.4) is 0 Å². The van der Waals surface area contributed by atoms with Crippen molar-refractivity contribution in [2.24, 2.45) is 0 Å². The van der Waals surface area contributed by atoms with Crippen molar-refractivity contribution < 1.29 is 5.11 Å². The third kappa shape index (κ3) is 5.00. The van der Waals surface area contributed by atoms with Crippen LogP contribution in [0.25, 0.3) is 0 Å². The summed E-state index contributed by atoms with van der Waals surface area (Å²) < 4.78 is 0. The molecule has 1 aliphatic rings. The van der Waals surface area contributed by atoms with Gasteiger partial charge in [-0.15, -0.1) is 0 Å². The molecule has 78 valence electrons. The van der Waals surface area contributed by atoms with E-state index in [4.69, 9.17) is 5.11 Å². The Morgan fingerprint density at radius 2 is 1.57 bits per heavy atom. The molecule has 1 aliphatic heterocycles. The van der Waals surface area contributed by atoms with Crippen LogP contribution in [0.4, 0.5) is 0 Å². The van der Waals surface area contributed by atoms with Gasteiger partial charge in [-0.3, -0.25) is 0 Å². The van der Waals surface area contributed by atoms with Crippen LogP contribution < -0.4 is 5.32 Å². The molecule has 2 nitrogen and oxygen atoms in total. The first-order valence-electron chi connectivity index (χ1n) is 5.20. The highest BCUT2D eigenvalue weighted by atomic mass is 16.3. The molecule has 1 heterocycles. The van der Waals surface area contributed by atoms with Gasteiger partial charge in [0.2, 0.25) is 0 Å². The molecule has 0 amide bonds. The van der Waals surface area contributed by atoms with Crippen molar-refractivity contribution in [3.8, 4) is 0 Å². The minimum atomic E-state index is -0.0498. The fraction of sp³-hybridized carbons (Fsp3) is 0.500. The topological polar surface area (TPSA) is 32.3 Å². The Morgan fingerprint density at radius 3 is 1.86 bits per heavy atom. The van der Waals surface area contributed by atoms with E-state index in [2.05, 4.69) is 12.2 Å². The second-order valence-corrected chi connectivity index (χ2v) is 3.69. The molecule has 1 fully saturated rings. The van der Waals surface area contributed by atoms with Gasteiger partial charge in [0.05, 0.1) is 6.10 Å².